The smallest absolute Gasteiger partial charge is 0.294 e. The van der Waals surface area contributed by atoms with Crippen LogP contribution in [0.4, 0.5) is 0 Å². The highest BCUT2D eigenvalue weighted by atomic mass is 79.9. The molecule has 1 fully saturated rings. The van der Waals surface area contributed by atoms with Crippen LogP contribution in [-0.2, 0) is 9.05 Å². The number of benzene rings is 1. The van der Waals surface area contributed by atoms with E-state index in [4.69, 9.17) is 10.7 Å². The Balaban J connectivity index is 2.19. The fourth-order valence-corrected chi connectivity index (χ4v) is 3.34. The summed E-state index contributed by atoms with van der Waals surface area (Å²) in [4.78, 5) is 0. The average molecular weight is 377 g/mol. The topological polar surface area (TPSA) is 64.8 Å². The van der Waals surface area contributed by atoms with Gasteiger partial charge in [-0.3, -0.25) is 4.57 Å². The summed E-state index contributed by atoms with van der Waals surface area (Å²) < 4.78 is 25.7. The molecule has 0 saturated heterocycles. The van der Waals surface area contributed by atoms with Crippen molar-refractivity contribution in [2.75, 3.05) is 0 Å². The van der Waals surface area contributed by atoms with Crippen LogP contribution in [0.15, 0.2) is 27.8 Å². The van der Waals surface area contributed by atoms with Gasteiger partial charge in [-0.05, 0) is 31.4 Å². The first-order chi connectivity index (χ1) is 9.38. The summed E-state index contributed by atoms with van der Waals surface area (Å²) in [6, 6.07) is 5.86. The minimum Gasteiger partial charge on any atom is -0.294 e. The molecule has 20 heavy (non-hydrogen) atoms. The number of aryl methyl sites for hydroxylation is 1. The molecule has 0 radical (unpaired) electrons. The van der Waals surface area contributed by atoms with Crippen molar-refractivity contribution in [2.24, 2.45) is 0 Å². The number of hydrogen-bond donors (Lipinski definition) is 0. The lowest BCUT2D eigenvalue weighted by atomic mass is 10.1. The Hall–Kier alpha value is -0.920. The van der Waals surface area contributed by atoms with E-state index in [0.29, 0.717) is 5.82 Å². The summed E-state index contributed by atoms with van der Waals surface area (Å²) in [7, 11) is 1.54. The van der Waals surface area contributed by atoms with Gasteiger partial charge >= 0.3 is 0 Å². The largest absolute Gasteiger partial charge is 0.296 e. The van der Waals surface area contributed by atoms with Crippen molar-refractivity contribution < 1.29 is 8.42 Å². The van der Waals surface area contributed by atoms with Gasteiger partial charge < -0.3 is 0 Å². The van der Waals surface area contributed by atoms with Gasteiger partial charge in [0.25, 0.3) is 14.2 Å². The van der Waals surface area contributed by atoms with Gasteiger partial charge in [-0.1, -0.05) is 28.1 Å². The van der Waals surface area contributed by atoms with Crippen molar-refractivity contribution in [3.63, 3.8) is 0 Å². The third-order valence-electron chi connectivity index (χ3n) is 3.22. The normalized spacial score (nSPS) is 15.6. The van der Waals surface area contributed by atoms with Crippen molar-refractivity contribution in [1.29, 1.82) is 0 Å². The summed E-state index contributed by atoms with van der Waals surface area (Å²) in [6.45, 7) is 1.98. The first-order valence-electron chi connectivity index (χ1n) is 6.04. The van der Waals surface area contributed by atoms with E-state index < -0.39 is 9.05 Å². The minimum atomic E-state index is -3.89. The summed E-state index contributed by atoms with van der Waals surface area (Å²) in [6.07, 6.45) is 1.83. The molecule has 0 spiro atoms. The van der Waals surface area contributed by atoms with E-state index in [1.54, 1.807) is 4.57 Å². The van der Waals surface area contributed by atoms with Crippen LogP contribution in [0.25, 0.3) is 11.4 Å². The molecule has 5 nitrogen and oxygen atoms in total. The van der Waals surface area contributed by atoms with Gasteiger partial charge in [-0.2, -0.15) is 0 Å². The maximum absolute atomic E-state index is 11.6. The molecule has 1 aliphatic carbocycles. The predicted octanol–water partition coefficient (Wildman–Crippen LogP) is 3.28. The SMILES string of the molecule is Cc1ccc(-c2nnc(S(=O)(=O)Cl)n2C2CC2)cc1Br. The average Bonchev–Trinajstić information content (AvgIpc) is 3.10. The molecule has 8 heteroatoms. The number of aromatic nitrogens is 3. The van der Waals surface area contributed by atoms with Crippen LogP contribution in [-0.4, -0.2) is 23.2 Å². The zero-order valence-corrected chi connectivity index (χ0v) is 13.7. The Morgan fingerprint density at radius 3 is 2.60 bits per heavy atom. The molecular weight excluding hydrogens is 366 g/mol. The van der Waals surface area contributed by atoms with Crippen LogP contribution < -0.4 is 0 Å². The van der Waals surface area contributed by atoms with E-state index in [0.717, 1.165) is 28.4 Å². The molecule has 106 valence electrons. The maximum atomic E-state index is 11.6. The fraction of sp³-hybridized carbons (Fsp3) is 0.333. The van der Waals surface area contributed by atoms with Crippen LogP contribution >= 0.6 is 26.6 Å². The van der Waals surface area contributed by atoms with Gasteiger partial charge in [0.2, 0.25) is 0 Å². The van der Waals surface area contributed by atoms with Crippen LogP contribution in [0.5, 0.6) is 0 Å². The molecule has 1 saturated carbocycles. The quantitative estimate of drug-likeness (QED) is 0.771. The maximum Gasteiger partial charge on any atom is 0.296 e. The number of hydrogen-bond acceptors (Lipinski definition) is 4. The van der Waals surface area contributed by atoms with Gasteiger partial charge in [-0.25, -0.2) is 8.42 Å². The first-order valence-corrected chi connectivity index (χ1v) is 9.14. The van der Waals surface area contributed by atoms with Crippen LogP contribution in [0.2, 0.25) is 0 Å². The van der Waals surface area contributed by atoms with Crippen molar-refractivity contribution in [3.05, 3.63) is 28.2 Å². The van der Waals surface area contributed by atoms with E-state index in [-0.39, 0.29) is 11.2 Å². The van der Waals surface area contributed by atoms with Crippen LogP contribution in [0.3, 0.4) is 0 Å². The zero-order chi connectivity index (χ0) is 14.5. The Bertz CT molecular complexity index is 784. The lowest BCUT2D eigenvalue weighted by molar-refractivity contribution is 0.579. The molecule has 1 aliphatic rings. The molecule has 0 unspecified atom stereocenters. The molecule has 0 bridgehead atoms. The van der Waals surface area contributed by atoms with Gasteiger partial charge in [-0.15, -0.1) is 10.2 Å². The summed E-state index contributed by atoms with van der Waals surface area (Å²) in [5, 5.41) is 7.60. The summed E-state index contributed by atoms with van der Waals surface area (Å²) in [5.41, 5.74) is 1.91. The Kier molecular flexibility index (Phi) is 3.38. The summed E-state index contributed by atoms with van der Waals surface area (Å²) >= 11 is 3.47. The van der Waals surface area contributed by atoms with Gasteiger partial charge in [0.05, 0.1) is 0 Å². The lowest BCUT2D eigenvalue weighted by Gasteiger charge is -2.08. The Morgan fingerprint density at radius 1 is 1.35 bits per heavy atom. The molecule has 0 atom stereocenters. The van der Waals surface area contributed by atoms with Gasteiger partial charge in [0.1, 0.15) is 0 Å². The zero-order valence-electron chi connectivity index (χ0n) is 10.5. The monoisotopic (exact) mass is 375 g/mol. The third-order valence-corrected chi connectivity index (χ3v) is 5.21. The Morgan fingerprint density at radius 2 is 2.05 bits per heavy atom. The molecule has 1 aromatic carbocycles. The van der Waals surface area contributed by atoms with Gasteiger partial charge in [0.15, 0.2) is 5.82 Å². The Labute approximate surface area is 129 Å². The lowest BCUT2D eigenvalue weighted by Crippen LogP contribution is -2.06. The molecule has 3 rings (SSSR count). The number of halogens is 2. The minimum absolute atomic E-state index is 0.114. The number of rotatable bonds is 3. The summed E-state index contributed by atoms with van der Waals surface area (Å²) in [5.74, 6) is 0.535. The highest BCUT2D eigenvalue weighted by molar-refractivity contribution is 9.10. The fourth-order valence-electron chi connectivity index (χ4n) is 2.03. The highest BCUT2D eigenvalue weighted by Gasteiger charge is 2.34. The second-order valence-electron chi connectivity index (χ2n) is 4.81. The van der Waals surface area contributed by atoms with E-state index in [1.165, 1.54) is 0 Å². The van der Waals surface area contributed by atoms with Gasteiger partial charge in [0, 0.05) is 26.8 Å². The van der Waals surface area contributed by atoms with Crippen molar-refractivity contribution in [1.82, 2.24) is 14.8 Å². The van der Waals surface area contributed by atoms with E-state index in [1.807, 2.05) is 25.1 Å². The second-order valence-corrected chi connectivity index (χ2v) is 8.12. The molecule has 1 aromatic heterocycles. The van der Waals surface area contributed by atoms with Crippen molar-refractivity contribution >= 4 is 35.7 Å². The first kappa shape index (κ1) is 14.0. The standard InChI is InChI=1S/C12H11BrClN3O2S/c1-7-2-3-8(6-10(7)13)11-15-16-12(20(14,18)19)17(11)9-4-5-9/h2-3,6,9H,4-5H2,1H3. The van der Waals surface area contributed by atoms with E-state index in [2.05, 4.69) is 26.1 Å². The molecule has 0 N–H and O–H groups in total. The van der Waals surface area contributed by atoms with E-state index >= 15 is 0 Å². The number of nitrogens with zero attached hydrogens (tertiary/aromatic N) is 3. The van der Waals surface area contributed by atoms with Crippen molar-refractivity contribution in [2.45, 2.75) is 31.0 Å². The molecule has 1 heterocycles. The predicted molar refractivity (Wildman–Crippen MR) is 79.2 cm³/mol. The third kappa shape index (κ3) is 2.49. The molecule has 0 aliphatic heterocycles. The molecule has 0 amide bonds. The van der Waals surface area contributed by atoms with Crippen LogP contribution in [0, 0.1) is 6.92 Å². The molecular formula is C12H11BrClN3O2S. The van der Waals surface area contributed by atoms with E-state index in [9.17, 15) is 8.42 Å². The van der Waals surface area contributed by atoms with Crippen molar-refractivity contribution in [3.8, 4) is 11.4 Å². The van der Waals surface area contributed by atoms with Crippen LogP contribution in [0.1, 0.15) is 24.4 Å². The molecule has 2 aromatic rings. The highest BCUT2D eigenvalue weighted by Crippen LogP contribution is 2.40. The second kappa shape index (κ2) is 4.82.